The van der Waals surface area contributed by atoms with Gasteiger partial charge < -0.3 is 15.2 Å². The minimum atomic E-state index is -0.891. The smallest absolute Gasteiger partial charge is 0.134 e. The molecule has 0 radical (unpaired) electrons. The fourth-order valence-corrected chi connectivity index (χ4v) is 2.77. The average molecular weight is 341 g/mol. The van der Waals surface area contributed by atoms with E-state index in [2.05, 4.69) is 26.2 Å². The van der Waals surface area contributed by atoms with Crippen LogP contribution in [-0.2, 0) is 4.74 Å². The van der Waals surface area contributed by atoms with Crippen molar-refractivity contribution in [2.24, 2.45) is 0 Å². The Hall–Kier alpha value is -1.24. The van der Waals surface area contributed by atoms with E-state index in [1.807, 2.05) is 0 Å². The monoisotopic (exact) mass is 340 g/mol. The van der Waals surface area contributed by atoms with Gasteiger partial charge >= 0.3 is 0 Å². The summed E-state index contributed by atoms with van der Waals surface area (Å²) < 4.78 is 20.0. The normalized spacial score (nSPS) is 22.4. The number of aromatic nitrogens is 1. The summed E-state index contributed by atoms with van der Waals surface area (Å²) >= 11 is 3.37. The summed E-state index contributed by atoms with van der Waals surface area (Å²) in [5.41, 5.74) is 0.289. The molecule has 106 valence electrons. The van der Waals surface area contributed by atoms with Gasteiger partial charge in [-0.2, -0.15) is 0 Å². The second kappa shape index (κ2) is 5.27. The predicted molar refractivity (Wildman–Crippen MR) is 78.3 cm³/mol. The van der Waals surface area contributed by atoms with Gasteiger partial charge in [0.25, 0.3) is 0 Å². The topological polar surface area (TPSA) is 54.4 Å². The average Bonchev–Trinajstić information content (AvgIpc) is 2.88. The molecule has 1 saturated heterocycles. The largest absolute Gasteiger partial charge is 0.386 e. The first-order valence-corrected chi connectivity index (χ1v) is 7.15. The molecule has 1 unspecified atom stereocenters. The highest BCUT2D eigenvalue weighted by molar-refractivity contribution is 9.10. The van der Waals surface area contributed by atoms with E-state index in [0.29, 0.717) is 42.8 Å². The fourth-order valence-electron chi connectivity index (χ4n) is 2.34. The number of rotatable bonds is 3. The van der Waals surface area contributed by atoms with Crippen LogP contribution < -0.4 is 5.32 Å². The Morgan fingerprint density at radius 2 is 2.30 bits per heavy atom. The van der Waals surface area contributed by atoms with Crippen molar-refractivity contribution >= 4 is 32.5 Å². The van der Waals surface area contributed by atoms with E-state index < -0.39 is 5.60 Å². The molecule has 4 nitrogen and oxygen atoms in total. The first kappa shape index (κ1) is 13.7. The number of fused-ring (bicyclic) bond motifs is 1. The van der Waals surface area contributed by atoms with Crippen LogP contribution in [0.1, 0.15) is 6.42 Å². The molecule has 1 atom stereocenters. The number of nitrogens with one attached hydrogen (secondary N) is 1. The summed E-state index contributed by atoms with van der Waals surface area (Å²) in [6, 6.07) is 4.73. The first-order chi connectivity index (χ1) is 9.59. The highest BCUT2D eigenvalue weighted by atomic mass is 79.9. The number of aliphatic hydroxyl groups is 1. The molecule has 0 aliphatic carbocycles. The molecule has 1 aliphatic heterocycles. The van der Waals surface area contributed by atoms with Crippen molar-refractivity contribution in [2.75, 3.05) is 25.1 Å². The molecule has 2 N–H and O–H groups in total. The van der Waals surface area contributed by atoms with Crippen LogP contribution in [0.5, 0.6) is 0 Å². The molecule has 2 heterocycles. The molecule has 20 heavy (non-hydrogen) atoms. The summed E-state index contributed by atoms with van der Waals surface area (Å²) in [5, 5.41) is 13.8. The van der Waals surface area contributed by atoms with E-state index in [0.717, 1.165) is 4.47 Å². The molecule has 0 saturated carbocycles. The number of hydrogen-bond donors (Lipinski definition) is 2. The quantitative estimate of drug-likeness (QED) is 0.901. The number of halogens is 2. The number of nitrogens with zero attached hydrogens (tertiary/aromatic N) is 1. The van der Waals surface area contributed by atoms with Crippen molar-refractivity contribution in [3.8, 4) is 0 Å². The lowest BCUT2D eigenvalue weighted by atomic mass is 10.0. The standard InChI is InChI=1S/C14H14BrFN2O2/c15-9-1-2-10(16)12-11(3-5-17-13(9)12)18-7-14(19)4-6-20-8-14/h1-3,5,19H,4,6-8H2,(H,17,18). The number of benzene rings is 1. The lowest BCUT2D eigenvalue weighted by molar-refractivity contribution is 0.0382. The third kappa shape index (κ3) is 2.51. The van der Waals surface area contributed by atoms with Gasteiger partial charge in [0.15, 0.2) is 0 Å². The zero-order valence-corrected chi connectivity index (χ0v) is 12.3. The highest BCUT2D eigenvalue weighted by Gasteiger charge is 2.32. The van der Waals surface area contributed by atoms with Gasteiger partial charge in [0.1, 0.15) is 11.4 Å². The Morgan fingerprint density at radius 1 is 1.45 bits per heavy atom. The van der Waals surface area contributed by atoms with Crippen LogP contribution in [0, 0.1) is 5.82 Å². The molecular formula is C14H14BrFN2O2. The maximum Gasteiger partial charge on any atom is 0.134 e. The van der Waals surface area contributed by atoms with Gasteiger partial charge in [-0.25, -0.2) is 4.39 Å². The maximum absolute atomic E-state index is 14.0. The van der Waals surface area contributed by atoms with E-state index >= 15 is 0 Å². The summed E-state index contributed by atoms with van der Waals surface area (Å²) in [7, 11) is 0. The molecule has 1 aromatic heterocycles. The maximum atomic E-state index is 14.0. The minimum Gasteiger partial charge on any atom is -0.386 e. The summed E-state index contributed by atoms with van der Waals surface area (Å²) in [6.07, 6.45) is 2.19. The first-order valence-electron chi connectivity index (χ1n) is 6.36. The minimum absolute atomic E-state index is 0.301. The lowest BCUT2D eigenvalue weighted by Gasteiger charge is -2.22. The zero-order chi connectivity index (χ0) is 14.2. The van der Waals surface area contributed by atoms with Crippen LogP contribution in [0.4, 0.5) is 10.1 Å². The van der Waals surface area contributed by atoms with Crippen molar-refractivity contribution in [3.05, 3.63) is 34.7 Å². The lowest BCUT2D eigenvalue weighted by Crippen LogP contribution is -2.37. The summed E-state index contributed by atoms with van der Waals surface area (Å²) in [4.78, 5) is 4.19. The molecule has 1 fully saturated rings. The van der Waals surface area contributed by atoms with Gasteiger partial charge in [-0.15, -0.1) is 0 Å². The van der Waals surface area contributed by atoms with Gasteiger partial charge in [0.05, 0.1) is 17.5 Å². The fraction of sp³-hybridized carbons (Fsp3) is 0.357. The Balaban J connectivity index is 1.93. The van der Waals surface area contributed by atoms with Crippen molar-refractivity contribution < 1.29 is 14.2 Å². The predicted octanol–water partition coefficient (Wildman–Crippen LogP) is 2.70. The Labute approximate surface area is 124 Å². The number of pyridine rings is 1. The molecule has 1 aliphatic rings. The van der Waals surface area contributed by atoms with Crippen LogP contribution in [0.25, 0.3) is 10.9 Å². The molecule has 1 aromatic carbocycles. The van der Waals surface area contributed by atoms with E-state index in [9.17, 15) is 9.50 Å². The highest BCUT2D eigenvalue weighted by Crippen LogP contribution is 2.30. The Morgan fingerprint density at radius 3 is 3.05 bits per heavy atom. The Kier molecular flexibility index (Phi) is 3.62. The molecule has 2 aromatic rings. The molecular weight excluding hydrogens is 327 g/mol. The number of hydrogen-bond acceptors (Lipinski definition) is 4. The van der Waals surface area contributed by atoms with Gasteiger partial charge in [0, 0.05) is 35.9 Å². The zero-order valence-electron chi connectivity index (χ0n) is 10.7. The third-order valence-electron chi connectivity index (χ3n) is 3.48. The second-order valence-corrected chi connectivity index (χ2v) is 5.85. The van der Waals surface area contributed by atoms with E-state index in [-0.39, 0.29) is 5.82 Å². The molecule has 0 amide bonds. The van der Waals surface area contributed by atoms with E-state index in [4.69, 9.17) is 4.74 Å². The van der Waals surface area contributed by atoms with Crippen LogP contribution in [0.2, 0.25) is 0 Å². The summed E-state index contributed by atoms with van der Waals surface area (Å²) in [6.45, 7) is 1.17. The van der Waals surface area contributed by atoms with Crippen LogP contribution >= 0.6 is 15.9 Å². The van der Waals surface area contributed by atoms with Crippen molar-refractivity contribution in [1.29, 1.82) is 0 Å². The van der Waals surface area contributed by atoms with Gasteiger partial charge in [0.2, 0.25) is 0 Å². The van der Waals surface area contributed by atoms with Crippen molar-refractivity contribution in [2.45, 2.75) is 12.0 Å². The Bertz CT molecular complexity index is 644. The SMILES string of the molecule is OC1(CNc2ccnc3c(Br)ccc(F)c23)CCOC1. The second-order valence-electron chi connectivity index (χ2n) is 4.99. The summed E-state index contributed by atoms with van der Waals surface area (Å²) in [5.74, 6) is -0.339. The van der Waals surface area contributed by atoms with Crippen LogP contribution in [0.15, 0.2) is 28.9 Å². The van der Waals surface area contributed by atoms with Crippen molar-refractivity contribution in [1.82, 2.24) is 4.98 Å². The number of anilines is 1. The molecule has 6 heteroatoms. The van der Waals surface area contributed by atoms with E-state index in [1.54, 1.807) is 18.3 Å². The van der Waals surface area contributed by atoms with Crippen molar-refractivity contribution in [3.63, 3.8) is 0 Å². The van der Waals surface area contributed by atoms with E-state index in [1.165, 1.54) is 6.07 Å². The third-order valence-corrected chi connectivity index (χ3v) is 4.12. The van der Waals surface area contributed by atoms with Gasteiger partial charge in [-0.3, -0.25) is 4.98 Å². The number of ether oxygens (including phenoxy) is 1. The molecule has 0 spiro atoms. The van der Waals surface area contributed by atoms with Crippen LogP contribution in [-0.4, -0.2) is 35.5 Å². The van der Waals surface area contributed by atoms with Gasteiger partial charge in [-0.1, -0.05) is 0 Å². The molecule has 0 bridgehead atoms. The van der Waals surface area contributed by atoms with Crippen LogP contribution in [0.3, 0.4) is 0 Å². The van der Waals surface area contributed by atoms with Gasteiger partial charge in [-0.05, 0) is 34.1 Å². The molecule has 3 rings (SSSR count).